The molecule has 2 atom stereocenters. The third-order valence-corrected chi connectivity index (χ3v) is 4.70. The molecule has 3 nitrogen and oxygen atoms in total. The highest BCUT2D eigenvalue weighted by atomic mass is 16.3. The zero-order chi connectivity index (χ0) is 13.8. The molecule has 108 valence electrons. The number of aliphatic hydroxyl groups excluding tert-OH is 1. The van der Waals surface area contributed by atoms with Gasteiger partial charge in [0, 0.05) is 24.9 Å². The van der Waals surface area contributed by atoms with E-state index in [1.54, 1.807) is 0 Å². The first-order chi connectivity index (χ1) is 9.88. The van der Waals surface area contributed by atoms with Gasteiger partial charge in [-0.25, -0.2) is 0 Å². The molecule has 1 fully saturated rings. The molecule has 20 heavy (non-hydrogen) atoms. The molecule has 1 aliphatic rings. The minimum absolute atomic E-state index is 0.346. The van der Waals surface area contributed by atoms with E-state index in [9.17, 15) is 5.11 Å². The van der Waals surface area contributed by atoms with Crippen LogP contribution in [0.3, 0.4) is 0 Å². The summed E-state index contributed by atoms with van der Waals surface area (Å²) in [7, 11) is 0. The molecular formula is C17H24N2O. The number of nitrogens with one attached hydrogen (secondary N) is 2. The summed E-state index contributed by atoms with van der Waals surface area (Å²) in [6, 6.07) is 8.54. The Morgan fingerprint density at radius 1 is 1.15 bits per heavy atom. The van der Waals surface area contributed by atoms with Gasteiger partial charge in [0.05, 0.1) is 0 Å². The van der Waals surface area contributed by atoms with Gasteiger partial charge in [-0.1, -0.05) is 31.0 Å². The first-order valence-corrected chi connectivity index (χ1v) is 7.75. The highest BCUT2D eigenvalue weighted by molar-refractivity contribution is 5.82. The Labute approximate surface area is 120 Å². The quantitative estimate of drug-likeness (QED) is 0.783. The van der Waals surface area contributed by atoms with E-state index in [4.69, 9.17) is 0 Å². The molecule has 0 radical (unpaired) electrons. The maximum absolute atomic E-state index is 9.46. The topological polar surface area (TPSA) is 48.0 Å². The molecule has 1 saturated carbocycles. The first-order valence-electron chi connectivity index (χ1n) is 7.75. The number of aliphatic hydroxyl groups is 1. The number of rotatable bonds is 5. The molecule has 3 N–H and O–H groups in total. The lowest BCUT2D eigenvalue weighted by molar-refractivity contribution is 0.133. The number of fused-ring (bicyclic) bond motifs is 1. The number of hydrogen-bond acceptors (Lipinski definition) is 2. The third kappa shape index (κ3) is 2.89. The second-order valence-electron chi connectivity index (χ2n) is 5.98. The van der Waals surface area contributed by atoms with E-state index in [2.05, 4.69) is 34.6 Å². The average molecular weight is 272 g/mol. The maximum atomic E-state index is 9.46. The minimum Gasteiger partial charge on any atom is -0.396 e. The molecule has 0 saturated heterocycles. The summed E-state index contributed by atoms with van der Waals surface area (Å²) >= 11 is 0. The van der Waals surface area contributed by atoms with Crippen molar-refractivity contribution < 1.29 is 5.11 Å². The normalized spacial score (nSPS) is 23.2. The van der Waals surface area contributed by atoms with E-state index >= 15 is 0 Å². The Kier molecular flexibility index (Phi) is 4.38. The van der Waals surface area contributed by atoms with Crippen molar-refractivity contribution in [3.8, 4) is 0 Å². The van der Waals surface area contributed by atoms with Crippen LogP contribution in [0.25, 0.3) is 10.9 Å². The van der Waals surface area contributed by atoms with Crippen molar-refractivity contribution in [3.63, 3.8) is 0 Å². The SMILES string of the molecule is OCC1CCCCC1CNCc1cccc2cc[nH]c12. The second-order valence-corrected chi connectivity index (χ2v) is 5.98. The van der Waals surface area contributed by atoms with E-state index in [0.717, 1.165) is 13.1 Å². The summed E-state index contributed by atoms with van der Waals surface area (Å²) in [5.74, 6) is 1.13. The molecule has 0 amide bonds. The van der Waals surface area contributed by atoms with Gasteiger partial charge >= 0.3 is 0 Å². The fourth-order valence-electron chi connectivity index (χ4n) is 3.48. The number of H-pyrrole nitrogens is 1. The van der Waals surface area contributed by atoms with E-state index < -0.39 is 0 Å². The molecule has 1 aliphatic carbocycles. The summed E-state index contributed by atoms with van der Waals surface area (Å²) < 4.78 is 0. The van der Waals surface area contributed by atoms with Crippen LogP contribution >= 0.6 is 0 Å². The molecule has 3 heteroatoms. The number of aromatic nitrogens is 1. The molecule has 1 aromatic carbocycles. The van der Waals surface area contributed by atoms with Gasteiger partial charge in [0.2, 0.25) is 0 Å². The van der Waals surface area contributed by atoms with Gasteiger partial charge in [-0.2, -0.15) is 0 Å². The monoisotopic (exact) mass is 272 g/mol. The Morgan fingerprint density at radius 2 is 2.00 bits per heavy atom. The van der Waals surface area contributed by atoms with Gasteiger partial charge in [0.1, 0.15) is 0 Å². The Balaban J connectivity index is 1.58. The molecule has 0 aliphatic heterocycles. The van der Waals surface area contributed by atoms with Crippen molar-refractivity contribution in [1.29, 1.82) is 0 Å². The molecule has 2 unspecified atom stereocenters. The van der Waals surface area contributed by atoms with Gasteiger partial charge in [-0.15, -0.1) is 0 Å². The van der Waals surface area contributed by atoms with Gasteiger partial charge in [-0.05, 0) is 48.2 Å². The van der Waals surface area contributed by atoms with E-state index in [0.29, 0.717) is 18.4 Å². The molecule has 0 spiro atoms. The van der Waals surface area contributed by atoms with Crippen LogP contribution in [0.1, 0.15) is 31.2 Å². The van der Waals surface area contributed by atoms with Crippen molar-refractivity contribution in [2.24, 2.45) is 11.8 Å². The summed E-state index contributed by atoms with van der Waals surface area (Å²) in [5.41, 5.74) is 2.56. The van der Waals surface area contributed by atoms with Crippen LogP contribution in [0.2, 0.25) is 0 Å². The predicted molar refractivity (Wildman–Crippen MR) is 82.5 cm³/mol. The number of benzene rings is 1. The molecule has 1 heterocycles. The Morgan fingerprint density at radius 3 is 2.85 bits per heavy atom. The van der Waals surface area contributed by atoms with Crippen LogP contribution in [0, 0.1) is 11.8 Å². The van der Waals surface area contributed by atoms with Gasteiger partial charge in [0.25, 0.3) is 0 Å². The average Bonchev–Trinajstić information content (AvgIpc) is 2.97. The smallest absolute Gasteiger partial charge is 0.0499 e. The van der Waals surface area contributed by atoms with Crippen molar-refractivity contribution in [3.05, 3.63) is 36.0 Å². The fraction of sp³-hybridized carbons (Fsp3) is 0.529. The Hall–Kier alpha value is -1.32. The summed E-state index contributed by atoms with van der Waals surface area (Å²) in [4.78, 5) is 3.32. The second kappa shape index (κ2) is 6.42. The summed E-state index contributed by atoms with van der Waals surface area (Å²) in [6.45, 7) is 2.26. The van der Waals surface area contributed by atoms with Crippen molar-refractivity contribution in [2.45, 2.75) is 32.2 Å². The summed E-state index contributed by atoms with van der Waals surface area (Å²) in [6.07, 6.45) is 7.04. The van der Waals surface area contributed by atoms with E-state index in [-0.39, 0.29) is 0 Å². The lowest BCUT2D eigenvalue weighted by atomic mass is 9.79. The first kappa shape index (κ1) is 13.7. The third-order valence-electron chi connectivity index (χ3n) is 4.70. The zero-order valence-electron chi connectivity index (χ0n) is 11.9. The van der Waals surface area contributed by atoms with Gasteiger partial charge in [-0.3, -0.25) is 0 Å². The summed E-state index contributed by atoms with van der Waals surface area (Å²) in [5, 5.41) is 14.3. The predicted octanol–water partition coefficient (Wildman–Crippen LogP) is 3.06. The van der Waals surface area contributed by atoms with Crippen LogP contribution < -0.4 is 5.32 Å². The van der Waals surface area contributed by atoms with Crippen LogP contribution in [0.4, 0.5) is 0 Å². The van der Waals surface area contributed by atoms with Crippen LogP contribution in [-0.4, -0.2) is 23.2 Å². The fourth-order valence-corrected chi connectivity index (χ4v) is 3.48. The van der Waals surface area contributed by atoms with Crippen LogP contribution in [-0.2, 0) is 6.54 Å². The highest BCUT2D eigenvalue weighted by Crippen LogP contribution is 2.29. The van der Waals surface area contributed by atoms with Crippen molar-refractivity contribution in [2.75, 3.05) is 13.2 Å². The standard InChI is InChI=1S/C17H24N2O/c20-12-16-5-2-1-4-14(16)10-18-11-15-7-3-6-13-8-9-19-17(13)15/h3,6-9,14,16,18-20H,1-2,4-5,10-12H2. The molecular weight excluding hydrogens is 248 g/mol. The number of hydrogen-bond donors (Lipinski definition) is 3. The zero-order valence-corrected chi connectivity index (χ0v) is 11.9. The highest BCUT2D eigenvalue weighted by Gasteiger charge is 2.23. The lowest BCUT2D eigenvalue weighted by Gasteiger charge is -2.30. The van der Waals surface area contributed by atoms with Gasteiger partial charge < -0.3 is 15.4 Å². The van der Waals surface area contributed by atoms with Crippen molar-refractivity contribution in [1.82, 2.24) is 10.3 Å². The van der Waals surface area contributed by atoms with Crippen molar-refractivity contribution >= 4 is 10.9 Å². The van der Waals surface area contributed by atoms with Crippen LogP contribution in [0.5, 0.6) is 0 Å². The van der Waals surface area contributed by atoms with E-state index in [1.165, 1.54) is 42.1 Å². The Bertz CT molecular complexity index is 549. The molecule has 0 bridgehead atoms. The molecule has 3 rings (SSSR count). The van der Waals surface area contributed by atoms with E-state index in [1.807, 2.05) is 6.20 Å². The largest absolute Gasteiger partial charge is 0.396 e. The number of para-hydroxylation sites is 1. The maximum Gasteiger partial charge on any atom is 0.0499 e. The van der Waals surface area contributed by atoms with Crippen LogP contribution in [0.15, 0.2) is 30.5 Å². The minimum atomic E-state index is 0.346. The van der Waals surface area contributed by atoms with Gasteiger partial charge in [0.15, 0.2) is 0 Å². The molecule has 1 aromatic heterocycles. The lowest BCUT2D eigenvalue weighted by Crippen LogP contribution is -2.32. The molecule has 2 aromatic rings. The number of aromatic amines is 1.